The standard InChI is InChI=1S/C18H23N3O4S/c1-18(2,3)14-10-15(20-25-14)19-16(22)17(23)21(4)11-12-6-8-13(9-7-12)26(5)24/h6-10H,11H2,1-5H3,(H,19,20,22)/t26-/m0/s1. The third kappa shape index (κ3) is 5.01. The molecule has 0 aliphatic rings. The van der Waals surface area contributed by atoms with Crippen LogP contribution >= 0.6 is 0 Å². The van der Waals surface area contributed by atoms with Gasteiger partial charge in [0, 0.05) is 47.0 Å². The SMILES string of the molecule is CN(Cc1ccc([S@](C)=O)cc1)C(=O)C(=O)Nc1cc(C(C)(C)C)on1. The van der Waals surface area contributed by atoms with Crippen molar-refractivity contribution in [3.8, 4) is 0 Å². The van der Waals surface area contributed by atoms with Crippen LogP contribution in [0.2, 0.25) is 0 Å². The van der Waals surface area contributed by atoms with Crippen LogP contribution < -0.4 is 5.32 Å². The molecule has 2 aromatic rings. The van der Waals surface area contributed by atoms with Crippen molar-refractivity contribution in [2.45, 2.75) is 37.6 Å². The zero-order valence-corrected chi connectivity index (χ0v) is 16.3. The van der Waals surface area contributed by atoms with Crippen molar-refractivity contribution in [2.24, 2.45) is 0 Å². The molecular formula is C18H23N3O4S. The number of aromatic nitrogens is 1. The number of hydrogen-bond acceptors (Lipinski definition) is 5. The molecule has 26 heavy (non-hydrogen) atoms. The first kappa shape index (κ1) is 19.8. The highest BCUT2D eigenvalue weighted by molar-refractivity contribution is 7.84. The van der Waals surface area contributed by atoms with Crippen molar-refractivity contribution in [2.75, 3.05) is 18.6 Å². The van der Waals surface area contributed by atoms with Crippen molar-refractivity contribution in [3.63, 3.8) is 0 Å². The molecule has 0 saturated heterocycles. The van der Waals surface area contributed by atoms with Crippen LogP contribution in [-0.4, -0.2) is 39.4 Å². The zero-order chi connectivity index (χ0) is 19.5. The number of rotatable bonds is 4. The van der Waals surface area contributed by atoms with Crippen LogP contribution in [-0.2, 0) is 32.3 Å². The molecule has 1 atom stereocenters. The Labute approximate surface area is 155 Å². The molecule has 0 spiro atoms. The lowest BCUT2D eigenvalue weighted by molar-refractivity contribution is -0.142. The zero-order valence-electron chi connectivity index (χ0n) is 15.5. The average molecular weight is 377 g/mol. The van der Waals surface area contributed by atoms with Gasteiger partial charge in [-0.2, -0.15) is 0 Å². The number of carbonyl (C=O) groups excluding carboxylic acids is 2. The molecule has 2 amide bonds. The number of benzene rings is 1. The van der Waals surface area contributed by atoms with E-state index < -0.39 is 22.6 Å². The average Bonchev–Trinajstić information content (AvgIpc) is 3.03. The van der Waals surface area contributed by atoms with Gasteiger partial charge in [-0.3, -0.25) is 19.1 Å². The van der Waals surface area contributed by atoms with Crippen molar-refractivity contribution >= 4 is 28.4 Å². The van der Waals surface area contributed by atoms with Gasteiger partial charge in [0.15, 0.2) is 5.82 Å². The van der Waals surface area contributed by atoms with E-state index in [4.69, 9.17) is 4.52 Å². The van der Waals surface area contributed by atoms with Gasteiger partial charge in [0.1, 0.15) is 5.76 Å². The van der Waals surface area contributed by atoms with E-state index >= 15 is 0 Å². The number of carbonyl (C=O) groups is 2. The summed E-state index contributed by atoms with van der Waals surface area (Å²) in [6, 6.07) is 8.66. The first-order valence-corrected chi connectivity index (χ1v) is 9.59. The van der Waals surface area contributed by atoms with Crippen LogP contribution in [0.5, 0.6) is 0 Å². The van der Waals surface area contributed by atoms with Crippen molar-refractivity contribution in [3.05, 3.63) is 41.7 Å². The maximum atomic E-state index is 12.2. The van der Waals surface area contributed by atoms with E-state index in [1.807, 2.05) is 20.8 Å². The normalized spacial score (nSPS) is 12.5. The fourth-order valence-corrected chi connectivity index (χ4v) is 2.68. The Morgan fingerprint density at radius 3 is 2.35 bits per heavy atom. The number of likely N-dealkylation sites (N-methyl/N-ethyl adjacent to an activating group) is 1. The predicted molar refractivity (Wildman–Crippen MR) is 99.1 cm³/mol. The molecule has 0 bridgehead atoms. The molecule has 2 rings (SSSR count). The summed E-state index contributed by atoms with van der Waals surface area (Å²) in [5.41, 5.74) is 0.588. The van der Waals surface area contributed by atoms with Gasteiger partial charge in [-0.25, -0.2) is 0 Å². The minimum atomic E-state index is -1.05. The number of amides is 2. The Balaban J connectivity index is 1.97. The van der Waals surface area contributed by atoms with Gasteiger partial charge in [0.25, 0.3) is 0 Å². The molecule has 0 saturated carbocycles. The summed E-state index contributed by atoms with van der Waals surface area (Å²) in [7, 11) is 0.485. The minimum Gasteiger partial charge on any atom is -0.359 e. The van der Waals surface area contributed by atoms with Crippen molar-refractivity contribution in [1.82, 2.24) is 10.1 Å². The van der Waals surface area contributed by atoms with E-state index in [1.54, 1.807) is 36.6 Å². The van der Waals surface area contributed by atoms with E-state index in [2.05, 4.69) is 10.5 Å². The van der Waals surface area contributed by atoms with Crippen LogP contribution in [0, 0.1) is 0 Å². The molecule has 0 unspecified atom stereocenters. The predicted octanol–water partition coefficient (Wildman–Crippen LogP) is 2.31. The maximum absolute atomic E-state index is 12.2. The summed E-state index contributed by atoms with van der Waals surface area (Å²) in [6.45, 7) is 6.13. The molecular weight excluding hydrogens is 354 g/mol. The van der Waals surface area contributed by atoms with E-state index in [-0.39, 0.29) is 17.8 Å². The summed E-state index contributed by atoms with van der Waals surface area (Å²) in [5, 5.41) is 6.22. The van der Waals surface area contributed by atoms with Crippen LogP contribution in [0.4, 0.5) is 5.82 Å². The third-order valence-corrected chi connectivity index (χ3v) is 4.64. The van der Waals surface area contributed by atoms with E-state index in [0.29, 0.717) is 10.7 Å². The van der Waals surface area contributed by atoms with Crippen LogP contribution in [0.15, 0.2) is 39.8 Å². The number of nitrogens with zero attached hydrogens (tertiary/aromatic N) is 2. The molecule has 0 aliphatic heterocycles. The molecule has 0 radical (unpaired) electrons. The highest BCUT2D eigenvalue weighted by Gasteiger charge is 2.23. The Morgan fingerprint density at radius 2 is 1.85 bits per heavy atom. The lowest BCUT2D eigenvalue weighted by Crippen LogP contribution is -2.36. The number of hydrogen-bond donors (Lipinski definition) is 1. The lowest BCUT2D eigenvalue weighted by atomic mass is 9.93. The summed E-state index contributed by atoms with van der Waals surface area (Å²) >= 11 is 0. The molecule has 0 fully saturated rings. The summed E-state index contributed by atoms with van der Waals surface area (Å²) < 4.78 is 16.6. The largest absolute Gasteiger partial charge is 0.359 e. The first-order valence-electron chi connectivity index (χ1n) is 8.04. The Morgan fingerprint density at radius 1 is 1.23 bits per heavy atom. The molecule has 8 heteroatoms. The quantitative estimate of drug-likeness (QED) is 0.826. The van der Waals surface area contributed by atoms with Gasteiger partial charge < -0.3 is 9.42 Å². The van der Waals surface area contributed by atoms with Crippen molar-refractivity contribution < 1.29 is 18.3 Å². The highest BCUT2D eigenvalue weighted by Crippen LogP contribution is 2.24. The Kier molecular flexibility index (Phi) is 5.97. The van der Waals surface area contributed by atoms with E-state index in [1.165, 1.54) is 11.9 Å². The molecule has 140 valence electrons. The summed E-state index contributed by atoms with van der Waals surface area (Å²) in [6.07, 6.45) is 1.60. The van der Waals surface area contributed by atoms with Crippen LogP contribution in [0.3, 0.4) is 0 Å². The van der Waals surface area contributed by atoms with Gasteiger partial charge in [0.2, 0.25) is 0 Å². The maximum Gasteiger partial charge on any atom is 0.315 e. The van der Waals surface area contributed by atoms with Gasteiger partial charge >= 0.3 is 11.8 Å². The smallest absolute Gasteiger partial charge is 0.315 e. The molecule has 1 aromatic heterocycles. The highest BCUT2D eigenvalue weighted by atomic mass is 32.2. The van der Waals surface area contributed by atoms with Gasteiger partial charge in [-0.05, 0) is 17.7 Å². The second-order valence-electron chi connectivity index (χ2n) is 7.04. The third-order valence-electron chi connectivity index (χ3n) is 3.71. The van der Waals surface area contributed by atoms with E-state index in [0.717, 1.165) is 5.56 Å². The van der Waals surface area contributed by atoms with Crippen LogP contribution in [0.25, 0.3) is 0 Å². The Bertz CT molecular complexity index is 822. The molecule has 1 aromatic carbocycles. The molecule has 0 aliphatic carbocycles. The first-order chi connectivity index (χ1) is 12.1. The number of nitrogens with one attached hydrogen (secondary N) is 1. The van der Waals surface area contributed by atoms with Crippen LogP contribution in [0.1, 0.15) is 32.1 Å². The van der Waals surface area contributed by atoms with Gasteiger partial charge in [-0.1, -0.05) is 38.1 Å². The lowest BCUT2D eigenvalue weighted by Gasteiger charge is -2.16. The molecule has 1 N–H and O–H groups in total. The van der Waals surface area contributed by atoms with E-state index in [9.17, 15) is 13.8 Å². The monoisotopic (exact) mass is 377 g/mol. The van der Waals surface area contributed by atoms with Crippen molar-refractivity contribution in [1.29, 1.82) is 0 Å². The Hall–Kier alpha value is -2.48. The second-order valence-corrected chi connectivity index (χ2v) is 8.42. The molecule has 7 nitrogen and oxygen atoms in total. The summed E-state index contributed by atoms with van der Waals surface area (Å²) in [5.74, 6) is -0.653. The number of anilines is 1. The molecule has 1 heterocycles. The van der Waals surface area contributed by atoms with Gasteiger partial charge in [-0.15, -0.1) is 0 Å². The fraction of sp³-hybridized carbons (Fsp3) is 0.389. The second kappa shape index (κ2) is 7.82. The summed E-state index contributed by atoms with van der Waals surface area (Å²) in [4.78, 5) is 26.4. The topological polar surface area (TPSA) is 92.5 Å². The van der Waals surface area contributed by atoms with Gasteiger partial charge in [0.05, 0.1) is 0 Å². The minimum absolute atomic E-state index is 0.205. The fourth-order valence-electron chi connectivity index (χ4n) is 2.16.